The molecule has 2 heterocycles. The van der Waals surface area contributed by atoms with Gasteiger partial charge in [0.25, 0.3) is 15.9 Å². The second kappa shape index (κ2) is 9.00. The maximum atomic E-state index is 12.9. The van der Waals surface area contributed by atoms with Crippen molar-refractivity contribution in [3.63, 3.8) is 0 Å². The van der Waals surface area contributed by atoms with Gasteiger partial charge in [-0.2, -0.15) is 0 Å². The number of hydrogen-bond donors (Lipinski definition) is 2. The van der Waals surface area contributed by atoms with Crippen molar-refractivity contribution in [2.45, 2.75) is 31.6 Å². The summed E-state index contributed by atoms with van der Waals surface area (Å²) in [5, 5.41) is 2.82. The van der Waals surface area contributed by atoms with Gasteiger partial charge in [-0.25, -0.2) is 13.4 Å². The summed E-state index contributed by atoms with van der Waals surface area (Å²) in [5.74, 6) is 0.512. The van der Waals surface area contributed by atoms with Crippen LogP contribution in [0.25, 0.3) is 0 Å². The molecule has 4 rings (SSSR count). The van der Waals surface area contributed by atoms with Gasteiger partial charge < -0.3 is 10.2 Å². The van der Waals surface area contributed by atoms with Crippen LogP contribution in [0.3, 0.4) is 0 Å². The lowest BCUT2D eigenvalue weighted by Crippen LogP contribution is -2.19. The molecule has 1 aliphatic rings. The van der Waals surface area contributed by atoms with Gasteiger partial charge in [0.1, 0.15) is 5.82 Å². The van der Waals surface area contributed by atoms with Crippen LogP contribution in [0.15, 0.2) is 65.7 Å². The highest BCUT2D eigenvalue weighted by Gasteiger charge is 2.19. The summed E-state index contributed by atoms with van der Waals surface area (Å²) in [6.07, 6.45) is 3.95. The highest BCUT2D eigenvalue weighted by molar-refractivity contribution is 7.92. The third-order valence-corrected chi connectivity index (χ3v) is 6.85. The fourth-order valence-electron chi connectivity index (χ4n) is 3.73. The van der Waals surface area contributed by atoms with Crippen molar-refractivity contribution in [2.24, 2.45) is 0 Å². The summed E-state index contributed by atoms with van der Waals surface area (Å²) in [6, 6.07) is 15.3. The number of aryl methyl sites for hydroxylation is 2. The summed E-state index contributed by atoms with van der Waals surface area (Å²) < 4.78 is 28.3. The topological polar surface area (TPSA) is 91.4 Å². The van der Waals surface area contributed by atoms with E-state index in [1.54, 1.807) is 37.4 Å². The fourth-order valence-corrected chi connectivity index (χ4v) is 4.80. The van der Waals surface area contributed by atoms with E-state index >= 15 is 0 Å². The SMILES string of the molecule is Cc1cccc(NS(=O)(=O)c2ccc(C)c(C(=O)Nc3ccc(N4CCCC4)nc3)c2)c1. The first-order chi connectivity index (χ1) is 15.3. The molecule has 8 heteroatoms. The fraction of sp³-hybridized carbons (Fsp3) is 0.250. The number of pyridine rings is 1. The normalized spacial score (nSPS) is 13.8. The molecule has 1 aromatic heterocycles. The Labute approximate surface area is 188 Å². The minimum Gasteiger partial charge on any atom is -0.357 e. The summed E-state index contributed by atoms with van der Waals surface area (Å²) >= 11 is 0. The first-order valence-corrected chi connectivity index (χ1v) is 12.0. The van der Waals surface area contributed by atoms with Gasteiger partial charge in [-0.1, -0.05) is 18.2 Å². The van der Waals surface area contributed by atoms with Crippen molar-refractivity contribution in [2.75, 3.05) is 28.0 Å². The van der Waals surface area contributed by atoms with Gasteiger partial charge in [0.05, 0.1) is 16.8 Å². The summed E-state index contributed by atoms with van der Waals surface area (Å²) in [4.78, 5) is 19.6. The Hall–Kier alpha value is -3.39. The predicted molar refractivity (Wildman–Crippen MR) is 127 cm³/mol. The summed E-state index contributed by atoms with van der Waals surface area (Å²) in [6.45, 7) is 5.65. The molecule has 2 aromatic carbocycles. The average Bonchev–Trinajstić information content (AvgIpc) is 3.29. The molecule has 3 aromatic rings. The van der Waals surface area contributed by atoms with E-state index in [0.29, 0.717) is 22.5 Å². The van der Waals surface area contributed by atoms with Crippen molar-refractivity contribution in [1.29, 1.82) is 0 Å². The Bertz CT molecular complexity index is 1230. The molecule has 32 heavy (non-hydrogen) atoms. The molecular formula is C24H26N4O3S. The first kappa shape index (κ1) is 21.8. The predicted octanol–water partition coefficient (Wildman–Crippen LogP) is 4.35. The van der Waals surface area contributed by atoms with E-state index in [1.165, 1.54) is 12.1 Å². The van der Waals surface area contributed by atoms with Crippen molar-refractivity contribution in [3.05, 3.63) is 77.5 Å². The van der Waals surface area contributed by atoms with Crippen LogP contribution in [-0.2, 0) is 10.0 Å². The molecule has 0 unspecified atom stereocenters. The van der Waals surface area contributed by atoms with Gasteiger partial charge in [0, 0.05) is 24.3 Å². The lowest BCUT2D eigenvalue weighted by Gasteiger charge is -2.16. The third kappa shape index (κ3) is 4.91. The molecule has 0 spiro atoms. The zero-order chi connectivity index (χ0) is 22.7. The number of carbonyl (C=O) groups is 1. The summed E-state index contributed by atoms with van der Waals surface area (Å²) in [7, 11) is -3.84. The van der Waals surface area contributed by atoms with E-state index in [1.807, 2.05) is 25.1 Å². The van der Waals surface area contributed by atoms with Crippen molar-refractivity contribution >= 4 is 33.1 Å². The van der Waals surface area contributed by atoms with Crippen LogP contribution in [0.1, 0.15) is 34.3 Å². The zero-order valence-electron chi connectivity index (χ0n) is 18.1. The highest BCUT2D eigenvalue weighted by atomic mass is 32.2. The molecule has 1 amide bonds. The van der Waals surface area contributed by atoms with Crippen LogP contribution in [0.5, 0.6) is 0 Å². The number of nitrogens with zero attached hydrogens (tertiary/aromatic N) is 2. The number of rotatable bonds is 6. The van der Waals surface area contributed by atoms with Crippen LogP contribution in [-0.4, -0.2) is 32.4 Å². The molecule has 166 valence electrons. The zero-order valence-corrected chi connectivity index (χ0v) is 18.9. The van der Waals surface area contributed by atoms with E-state index in [4.69, 9.17) is 0 Å². The van der Waals surface area contributed by atoms with E-state index in [2.05, 4.69) is 19.9 Å². The summed E-state index contributed by atoms with van der Waals surface area (Å²) in [5.41, 5.74) is 2.95. The molecule has 1 saturated heterocycles. The van der Waals surface area contributed by atoms with Crippen molar-refractivity contribution in [3.8, 4) is 0 Å². The Morgan fingerprint density at radius 1 is 0.969 bits per heavy atom. The lowest BCUT2D eigenvalue weighted by atomic mass is 10.1. The van der Waals surface area contributed by atoms with Gasteiger partial charge in [-0.15, -0.1) is 0 Å². The molecule has 7 nitrogen and oxygen atoms in total. The maximum Gasteiger partial charge on any atom is 0.261 e. The standard InChI is InChI=1S/C24H26N4O3S/c1-17-6-5-7-19(14-17)27-32(30,31)21-10-8-18(2)22(15-21)24(29)26-20-9-11-23(25-16-20)28-12-3-4-13-28/h5-11,14-16,27H,3-4,12-13H2,1-2H3,(H,26,29). The van der Waals surface area contributed by atoms with Gasteiger partial charge >= 0.3 is 0 Å². The number of sulfonamides is 1. The van der Waals surface area contributed by atoms with Crippen molar-refractivity contribution in [1.82, 2.24) is 4.98 Å². The van der Waals surface area contributed by atoms with Gasteiger partial charge in [-0.05, 0) is 74.2 Å². The van der Waals surface area contributed by atoms with Crippen LogP contribution in [0.4, 0.5) is 17.2 Å². The molecule has 2 N–H and O–H groups in total. The second-order valence-electron chi connectivity index (χ2n) is 8.01. The second-order valence-corrected chi connectivity index (χ2v) is 9.69. The monoisotopic (exact) mass is 450 g/mol. The van der Waals surface area contributed by atoms with E-state index in [9.17, 15) is 13.2 Å². The number of anilines is 3. The van der Waals surface area contributed by atoms with Crippen LogP contribution in [0.2, 0.25) is 0 Å². The number of benzene rings is 2. The Kier molecular flexibility index (Phi) is 6.14. The number of nitrogens with one attached hydrogen (secondary N) is 2. The third-order valence-electron chi connectivity index (χ3n) is 5.47. The molecule has 0 saturated carbocycles. The van der Waals surface area contributed by atoms with Gasteiger partial charge in [0.15, 0.2) is 0 Å². The largest absolute Gasteiger partial charge is 0.357 e. The van der Waals surface area contributed by atoms with E-state index in [-0.39, 0.29) is 10.8 Å². The number of carbonyl (C=O) groups excluding carboxylic acids is 1. The average molecular weight is 451 g/mol. The highest BCUT2D eigenvalue weighted by Crippen LogP contribution is 2.22. The Morgan fingerprint density at radius 2 is 1.75 bits per heavy atom. The minimum absolute atomic E-state index is 0.0252. The van der Waals surface area contributed by atoms with Gasteiger partial charge in [0.2, 0.25) is 0 Å². The van der Waals surface area contributed by atoms with E-state index in [0.717, 1.165) is 37.3 Å². The van der Waals surface area contributed by atoms with Gasteiger partial charge in [-0.3, -0.25) is 9.52 Å². The molecule has 1 aliphatic heterocycles. The quantitative estimate of drug-likeness (QED) is 0.583. The molecular weight excluding hydrogens is 424 g/mol. The molecule has 0 aliphatic carbocycles. The Morgan fingerprint density at radius 3 is 2.44 bits per heavy atom. The van der Waals surface area contributed by atoms with Crippen LogP contribution in [0, 0.1) is 13.8 Å². The smallest absolute Gasteiger partial charge is 0.261 e. The number of hydrogen-bond acceptors (Lipinski definition) is 5. The van der Waals surface area contributed by atoms with E-state index < -0.39 is 10.0 Å². The van der Waals surface area contributed by atoms with Crippen LogP contribution < -0.4 is 14.9 Å². The molecule has 0 bridgehead atoms. The number of aromatic nitrogens is 1. The molecule has 1 fully saturated rings. The first-order valence-electron chi connectivity index (χ1n) is 10.5. The molecule has 0 atom stereocenters. The van der Waals surface area contributed by atoms with Crippen molar-refractivity contribution < 1.29 is 13.2 Å². The lowest BCUT2D eigenvalue weighted by molar-refractivity contribution is 0.102. The van der Waals surface area contributed by atoms with Crippen LogP contribution >= 0.6 is 0 Å². The number of amides is 1. The molecule has 0 radical (unpaired) electrons. The maximum absolute atomic E-state index is 12.9. The minimum atomic E-state index is -3.84. The Balaban J connectivity index is 1.52.